The summed E-state index contributed by atoms with van der Waals surface area (Å²) in [6.07, 6.45) is 2.37. The first-order chi connectivity index (χ1) is 19.3. The van der Waals surface area contributed by atoms with Crippen molar-refractivity contribution in [3.8, 4) is 22.4 Å². The van der Waals surface area contributed by atoms with Crippen LogP contribution in [-0.4, -0.2) is 20.8 Å². The van der Waals surface area contributed by atoms with E-state index in [2.05, 4.69) is 9.29 Å². The fourth-order valence-electron chi connectivity index (χ4n) is 5.32. The Kier molecular flexibility index (Phi) is 8.45. The SMILES string of the molecule is CC(C)c1c(S(=O)Nc2ccccc2)c(-c2ccc(F)cc2)c(-c2ccc(F)cc2)n1CC[C@@H]1CCCC(=O)O1. The fraction of sp³-hybridized carbons (Fsp3) is 0.281. The van der Waals surface area contributed by atoms with E-state index in [0.29, 0.717) is 41.1 Å². The van der Waals surface area contributed by atoms with E-state index in [1.807, 2.05) is 44.2 Å². The molecule has 5 nitrogen and oxygen atoms in total. The van der Waals surface area contributed by atoms with E-state index in [1.54, 1.807) is 24.3 Å². The number of hydrogen-bond donors (Lipinski definition) is 1. The highest BCUT2D eigenvalue weighted by molar-refractivity contribution is 7.86. The van der Waals surface area contributed by atoms with Gasteiger partial charge in [0, 0.05) is 36.3 Å². The van der Waals surface area contributed by atoms with Gasteiger partial charge in [-0.2, -0.15) is 0 Å². The van der Waals surface area contributed by atoms with E-state index >= 15 is 0 Å². The summed E-state index contributed by atoms with van der Waals surface area (Å²) in [6, 6.07) is 21.6. The van der Waals surface area contributed by atoms with Crippen molar-refractivity contribution in [2.75, 3.05) is 4.72 Å². The highest BCUT2D eigenvalue weighted by Gasteiger charge is 2.31. The van der Waals surface area contributed by atoms with Crippen molar-refractivity contribution < 1.29 is 22.5 Å². The Morgan fingerprint density at radius 2 is 1.57 bits per heavy atom. The summed E-state index contributed by atoms with van der Waals surface area (Å²) < 4.78 is 53.1. The van der Waals surface area contributed by atoms with Gasteiger partial charge in [-0.05, 0) is 78.4 Å². The van der Waals surface area contributed by atoms with Crippen LogP contribution in [0.2, 0.25) is 0 Å². The van der Waals surface area contributed by atoms with E-state index in [9.17, 15) is 17.8 Å². The molecule has 4 aromatic rings. The maximum atomic E-state index is 14.2. The van der Waals surface area contributed by atoms with Crippen LogP contribution in [0, 0.1) is 11.6 Å². The predicted octanol–water partition coefficient (Wildman–Crippen LogP) is 7.84. The van der Waals surface area contributed by atoms with E-state index in [4.69, 9.17) is 4.74 Å². The van der Waals surface area contributed by atoms with E-state index < -0.39 is 11.0 Å². The summed E-state index contributed by atoms with van der Waals surface area (Å²) in [6.45, 7) is 4.58. The predicted molar refractivity (Wildman–Crippen MR) is 154 cm³/mol. The zero-order valence-electron chi connectivity index (χ0n) is 22.5. The second-order valence-corrected chi connectivity index (χ2v) is 11.4. The van der Waals surface area contributed by atoms with Gasteiger partial charge in [-0.3, -0.25) is 4.79 Å². The van der Waals surface area contributed by atoms with Gasteiger partial charge in [-0.25, -0.2) is 13.0 Å². The number of nitrogens with zero attached hydrogens (tertiary/aromatic N) is 1. The Hall–Kier alpha value is -3.78. The van der Waals surface area contributed by atoms with Crippen LogP contribution in [0.5, 0.6) is 0 Å². The maximum absolute atomic E-state index is 14.2. The summed E-state index contributed by atoms with van der Waals surface area (Å²) in [7, 11) is -1.69. The number of ether oxygens (including phenoxy) is 1. The number of rotatable bonds is 9. The average molecular weight is 563 g/mol. The summed E-state index contributed by atoms with van der Waals surface area (Å²) >= 11 is 0. The molecule has 1 fully saturated rings. The molecule has 0 amide bonds. The molecule has 40 heavy (non-hydrogen) atoms. The summed E-state index contributed by atoms with van der Waals surface area (Å²) in [4.78, 5) is 12.6. The zero-order chi connectivity index (χ0) is 28.2. The molecule has 5 rings (SSSR count). The van der Waals surface area contributed by atoms with Gasteiger partial charge in [0.2, 0.25) is 0 Å². The maximum Gasteiger partial charge on any atom is 0.306 e. The standard InChI is InChI=1S/C32H32F2N2O3S/c1-21(2)30-32(40(38)35-26-7-4-3-5-8-26)29(22-11-15-24(33)16-12-22)31(23-13-17-25(34)18-14-23)36(30)20-19-27-9-6-10-28(37)39-27/h3-5,7-8,11-18,21,27,35H,6,9-10,19-20H2,1-2H3/t27-,40?/m0/s1. The molecule has 1 saturated heterocycles. The van der Waals surface area contributed by atoms with Crippen LogP contribution in [0.4, 0.5) is 14.5 Å². The van der Waals surface area contributed by atoms with Crippen molar-refractivity contribution in [1.29, 1.82) is 0 Å². The molecule has 1 aliphatic rings. The normalized spacial score (nSPS) is 16.1. The van der Waals surface area contributed by atoms with Crippen LogP contribution >= 0.6 is 0 Å². The molecule has 0 radical (unpaired) electrons. The Morgan fingerprint density at radius 1 is 0.950 bits per heavy atom. The molecule has 1 unspecified atom stereocenters. The summed E-state index contributed by atoms with van der Waals surface area (Å²) in [5.41, 5.74) is 4.44. The molecule has 1 aromatic heterocycles. The Bertz CT molecular complexity index is 1500. The molecular formula is C32H32F2N2O3S. The monoisotopic (exact) mass is 562 g/mol. The molecule has 0 bridgehead atoms. The first-order valence-corrected chi connectivity index (χ1v) is 14.7. The molecule has 1 N–H and O–H groups in total. The van der Waals surface area contributed by atoms with Gasteiger partial charge < -0.3 is 14.0 Å². The minimum absolute atomic E-state index is 0.0428. The first kappa shape index (κ1) is 27.8. The lowest BCUT2D eigenvalue weighted by molar-refractivity contribution is -0.154. The third-order valence-corrected chi connectivity index (χ3v) is 8.31. The molecule has 0 spiro atoms. The number of halogens is 2. The third kappa shape index (κ3) is 6.02. The average Bonchev–Trinajstić information content (AvgIpc) is 3.29. The van der Waals surface area contributed by atoms with Gasteiger partial charge in [0.05, 0.1) is 10.6 Å². The molecular weight excluding hydrogens is 530 g/mol. The number of anilines is 1. The molecule has 2 heterocycles. The second-order valence-electron chi connectivity index (χ2n) is 10.3. The lowest BCUT2D eigenvalue weighted by Gasteiger charge is -2.24. The largest absolute Gasteiger partial charge is 0.462 e. The number of para-hydroxylation sites is 1. The van der Waals surface area contributed by atoms with Gasteiger partial charge in [-0.15, -0.1) is 0 Å². The topological polar surface area (TPSA) is 60.3 Å². The molecule has 2 atom stereocenters. The van der Waals surface area contributed by atoms with Gasteiger partial charge >= 0.3 is 5.97 Å². The summed E-state index contributed by atoms with van der Waals surface area (Å²) in [5, 5.41) is 0. The highest BCUT2D eigenvalue weighted by Crippen LogP contribution is 2.44. The number of aromatic nitrogens is 1. The lowest BCUT2D eigenvalue weighted by Crippen LogP contribution is -2.25. The number of esters is 1. The lowest BCUT2D eigenvalue weighted by atomic mass is 10.00. The van der Waals surface area contributed by atoms with Gasteiger partial charge in [-0.1, -0.05) is 44.2 Å². The van der Waals surface area contributed by atoms with Crippen LogP contribution < -0.4 is 4.72 Å². The highest BCUT2D eigenvalue weighted by atomic mass is 32.2. The molecule has 0 aliphatic carbocycles. The van der Waals surface area contributed by atoms with E-state index in [1.165, 1.54) is 24.3 Å². The van der Waals surface area contributed by atoms with Crippen molar-refractivity contribution in [3.05, 3.63) is 96.2 Å². The second kappa shape index (κ2) is 12.2. The van der Waals surface area contributed by atoms with Gasteiger partial charge in [0.15, 0.2) is 11.0 Å². The summed E-state index contributed by atoms with van der Waals surface area (Å²) in [5.74, 6) is -0.969. The number of benzene rings is 3. The first-order valence-electron chi connectivity index (χ1n) is 13.5. The van der Waals surface area contributed by atoms with Crippen molar-refractivity contribution in [1.82, 2.24) is 4.57 Å². The minimum Gasteiger partial charge on any atom is -0.462 e. The third-order valence-electron chi connectivity index (χ3n) is 7.10. The fourth-order valence-corrected chi connectivity index (χ4v) is 6.71. The van der Waals surface area contributed by atoms with Crippen molar-refractivity contribution >= 4 is 22.6 Å². The Labute approximate surface area is 235 Å². The molecule has 8 heteroatoms. The van der Waals surface area contributed by atoms with Crippen molar-refractivity contribution in [2.45, 2.75) is 63.0 Å². The van der Waals surface area contributed by atoms with Crippen molar-refractivity contribution in [3.63, 3.8) is 0 Å². The molecule has 1 aliphatic heterocycles. The van der Waals surface area contributed by atoms with Crippen LogP contribution in [0.25, 0.3) is 22.4 Å². The molecule has 208 valence electrons. The smallest absolute Gasteiger partial charge is 0.306 e. The van der Waals surface area contributed by atoms with Crippen LogP contribution in [0.1, 0.15) is 51.1 Å². The van der Waals surface area contributed by atoms with Crippen molar-refractivity contribution in [2.24, 2.45) is 0 Å². The minimum atomic E-state index is -1.69. The van der Waals surface area contributed by atoms with E-state index in [-0.39, 0.29) is 29.6 Å². The number of carbonyl (C=O) groups excluding carboxylic acids is 1. The number of nitrogens with one attached hydrogen (secondary N) is 1. The Morgan fingerprint density at radius 3 is 2.17 bits per heavy atom. The number of cyclic esters (lactones) is 1. The molecule has 0 saturated carbocycles. The molecule has 3 aromatic carbocycles. The zero-order valence-corrected chi connectivity index (χ0v) is 23.3. The van der Waals surface area contributed by atoms with E-state index in [0.717, 1.165) is 29.8 Å². The quantitative estimate of drug-likeness (QED) is 0.211. The van der Waals surface area contributed by atoms with Crippen LogP contribution in [-0.2, 0) is 27.1 Å². The Balaban J connectivity index is 1.73. The van der Waals surface area contributed by atoms with Crippen LogP contribution in [0.15, 0.2) is 83.8 Å². The van der Waals surface area contributed by atoms with Crippen LogP contribution in [0.3, 0.4) is 0 Å². The van der Waals surface area contributed by atoms with Gasteiger partial charge in [0.1, 0.15) is 17.7 Å². The number of hydrogen-bond acceptors (Lipinski definition) is 3. The van der Waals surface area contributed by atoms with Gasteiger partial charge in [0.25, 0.3) is 0 Å². The number of carbonyl (C=O) groups is 1.